The molecule has 1 unspecified atom stereocenters. The molecule has 0 aromatic heterocycles. The third-order valence-corrected chi connectivity index (χ3v) is 2.64. The van der Waals surface area contributed by atoms with Crippen LogP contribution in [-0.4, -0.2) is 19.3 Å². The summed E-state index contributed by atoms with van der Waals surface area (Å²) in [6.45, 7) is 4.86. The second-order valence-electron chi connectivity index (χ2n) is 4.08. The Kier molecular flexibility index (Phi) is 6.10. The van der Waals surface area contributed by atoms with Gasteiger partial charge < -0.3 is 15.2 Å². The molecule has 1 aromatic carbocycles. The average Bonchev–Trinajstić information content (AvgIpc) is 2.38. The molecule has 0 amide bonds. The number of hydrogen-bond donors (Lipinski definition) is 1. The van der Waals surface area contributed by atoms with Crippen LogP contribution < -0.4 is 15.2 Å². The van der Waals surface area contributed by atoms with E-state index in [9.17, 15) is 0 Å². The minimum Gasteiger partial charge on any atom is -0.490 e. The molecule has 0 aliphatic heterocycles. The van der Waals surface area contributed by atoms with Crippen molar-refractivity contribution in [3.8, 4) is 23.8 Å². The summed E-state index contributed by atoms with van der Waals surface area (Å²) in [5, 5.41) is 0. The van der Waals surface area contributed by atoms with Crippen LogP contribution in [0, 0.1) is 12.3 Å². The van der Waals surface area contributed by atoms with Gasteiger partial charge in [0.2, 0.25) is 0 Å². The molecule has 98 valence electrons. The number of terminal acetylenes is 1. The molecule has 3 heteroatoms. The van der Waals surface area contributed by atoms with E-state index in [1.165, 1.54) is 0 Å². The van der Waals surface area contributed by atoms with E-state index in [1.807, 2.05) is 25.1 Å². The minimum atomic E-state index is 0.178. The maximum atomic E-state index is 5.95. The Bertz CT molecular complexity index is 409. The molecule has 0 fully saturated rings. The monoisotopic (exact) mass is 247 g/mol. The molecule has 3 nitrogen and oxygen atoms in total. The largest absolute Gasteiger partial charge is 0.490 e. The fourth-order valence-electron chi connectivity index (χ4n) is 1.63. The summed E-state index contributed by atoms with van der Waals surface area (Å²) in [4.78, 5) is 0. The summed E-state index contributed by atoms with van der Waals surface area (Å²) in [5.41, 5.74) is 7.10. The van der Waals surface area contributed by atoms with Crippen molar-refractivity contribution in [2.75, 3.05) is 13.2 Å². The van der Waals surface area contributed by atoms with E-state index in [-0.39, 0.29) is 12.6 Å². The van der Waals surface area contributed by atoms with E-state index < -0.39 is 0 Å². The van der Waals surface area contributed by atoms with Crippen molar-refractivity contribution in [2.24, 2.45) is 5.73 Å². The topological polar surface area (TPSA) is 44.5 Å². The zero-order valence-corrected chi connectivity index (χ0v) is 11.1. The Balaban J connectivity index is 2.85. The number of ether oxygens (including phenoxy) is 2. The summed E-state index contributed by atoms with van der Waals surface area (Å²) >= 11 is 0. The van der Waals surface area contributed by atoms with Crippen molar-refractivity contribution in [1.82, 2.24) is 0 Å². The van der Waals surface area contributed by atoms with Crippen LogP contribution in [0.15, 0.2) is 18.2 Å². The first-order valence-corrected chi connectivity index (χ1v) is 6.28. The zero-order valence-electron chi connectivity index (χ0n) is 11.1. The van der Waals surface area contributed by atoms with Crippen molar-refractivity contribution in [3.63, 3.8) is 0 Å². The molecular weight excluding hydrogens is 226 g/mol. The van der Waals surface area contributed by atoms with Gasteiger partial charge in [0.25, 0.3) is 0 Å². The van der Waals surface area contributed by atoms with Gasteiger partial charge in [-0.1, -0.05) is 18.9 Å². The van der Waals surface area contributed by atoms with Gasteiger partial charge in [0.15, 0.2) is 11.5 Å². The quantitative estimate of drug-likeness (QED) is 0.752. The summed E-state index contributed by atoms with van der Waals surface area (Å²) in [7, 11) is 0. The molecule has 0 bridgehead atoms. The molecule has 0 heterocycles. The lowest BCUT2D eigenvalue weighted by molar-refractivity contribution is 0.299. The molecule has 18 heavy (non-hydrogen) atoms. The highest BCUT2D eigenvalue weighted by Gasteiger charge is 2.08. The second kappa shape index (κ2) is 7.62. The van der Waals surface area contributed by atoms with Crippen LogP contribution in [0.1, 0.15) is 25.8 Å². The van der Waals surface area contributed by atoms with Crippen molar-refractivity contribution < 1.29 is 9.47 Å². The summed E-state index contributed by atoms with van der Waals surface area (Å²) in [6, 6.07) is 6.05. The van der Waals surface area contributed by atoms with E-state index in [4.69, 9.17) is 21.6 Å². The van der Waals surface area contributed by atoms with Crippen LogP contribution in [-0.2, 0) is 6.42 Å². The van der Waals surface area contributed by atoms with E-state index in [2.05, 4.69) is 12.8 Å². The van der Waals surface area contributed by atoms with E-state index in [0.29, 0.717) is 12.4 Å². The van der Waals surface area contributed by atoms with Crippen LogP contribution in [0.4, 0.5) is 0 Å². The molecule has 1 atom stereocenters. The van der Waals surface area contributed by atoms with Gasteiger partial charge in [-0.05, 0) is 37.5 Å². The molecule has 0 aliphatic rings. The van der Waals surface area contributed by atoms with Crippen molar-refractivity contribution in [3.05, 3.63) is 23.8 Å². The molecule has 0 saturated heterocycles. The first-order chi connectivity index (χ1) is 8.71. The molecule has 1 rings (SSSR count). The Hall–Kier alpha value is -1.66. The lowest BCUT2D eigenvalue weighted by Crippen LogP contribution is -2.21. The number of benzene rings is 1. The first kappa shape index (κ1) is 14.4. The van der Waals surface area contributed by atoms with Crippen molar-refractivity contribution in [2.45, 2.75) is 32.7 Å². The lowest BCUT2D eigenvalue weighted by atomic mass is 10.0. The van der Waals surface area contributed by atoms with Gasteiger partial charge in [0, 0.05) is 6.04 Å². The molecule has 0 aliphatic carbocycles. The molecule has 0 spiro atoms. The zero-order chi connectivity index (χ0) is 13.4. The lowest BCUT2D eigenvalue weighted by Gasteiger charge is -2.14. The number of nitrogens with two attached hydrogens (primary N) is 1. The Morgan fingerprint density at radius 3 is 2.67 bits per heavy atom. The fourth-order valence-corrected chi connectivity index (χ4v) is 1.63. The number of rotatable bonds is 7. The van der Waals surface area contributed by atoms with Crippen molar-refractivity contribution >= 4 is 0 Å². The molecule has 0 saturated carbocycles. The Morgan fingerprint density at radius 2 is 2.06 bits per heavy atom. The first-order valence-electron chi connectivity index (χ1n) is 6.28. The van der Waals surface area contributed by atoms with Crippen LogP contribution >= 0.6 is 0 Å². The standard InChI is InChI=1S/C15H21NO2/c1-4-9-18-14-8-7-12(10-13(16)5-2)11-15(14)17-6-3/h1,7-8,11,13H,5-6,9-10,16H2,2-3H3. The SMILES string of the molecule is C#CCOc1ccc(CC(N)CC)cc1OCC. The maximum Gasteiger partial charge on any atom is 0.162 e. The van der Waals surface area contributed by atoms with Crippen LogP contribution in [0.2, 0.25) is 0 Å². The normalized spacial score (nSPS) is 11.7. The van der Waals surface area contributed by atoms with E-state index in [0.717, 1.165) is 24.2 Å². The van der Waals surface area contributed by atoms with Crippen LogP contribution in [0.25, 0.3) is 0 Å². The Labute approximate surface area is 109 Å². The maximum absolute atomic E-state index is 5.95. The summed E-state index contributed by atoms with van der Waals surface area (Å²) in [5.74, 6) is 3.86. The van der Waals surface area contributed by atoms with Gasteiger partial charge in [0.05, 0.1) is 6.61 Å². The smallest absolute Gasteiger partial charge is 0.162 e. The highest BCUT2D eigenvalue weighted by atomic mass is 16.5. The average molecular weight is 247 g/mol. The summed E-state index contributed by atoms with van der Waals surface area (Å²) in [6.07, 6.45) is 6.98. The third-order valence-electron chi connectivity index (χ3n) is 2.64. The third kappa shape index (κ3) is 4.31. The fraction of sp³-hybridized carbons (Fsp3) is 0.467. The molecule has 0 radical (unpaired) electrons. The predicted octanol–water partition coefficient (Wildman–Crippen LogP) is 2.38. The van der Waals surface area contributed by atoms with E-state index >= 15 is 0 Å². The van der Waals surface area contributed by atoms with Gasteiger partial charge >= 0.3 is 0 Å². The summed E-state index contributed by atoms with van der Waals surface area (Å²) < 4.78 is 11.0. The predicted molar refractivity (Wildman–Crippen MR) is 73.9 cm³/mol. The van der Waals surface area contributed by atoms with Gasteiger partial charge in [-0.25, -0.2) is 0 Å². The number of hydrogen-bond acceptors (Lipinski definition) is 3. The van der Waals surface area contributed by atoms with Gasteiger partial charge in [-0.3, -0.25) is 0 Å². The molecular formula is C15H21NO2. The highest BCUT2D eigenvalue weighted by Crippen LogP contribution is 2.29. The molecule has 2 N–H and O–H groups in total. The van der Waals surface area contributed by atoms with Gasteiger partial charge in [-0.15, -0.1) is 6.42 Å². The van der Waals surface area contributed by atoms with Crippen molar-refractivity contribution in [1.29, 1.82) is 0 Å². The van der Waals surface area contributed by atoms with Gasteiger partial charge in [0.1, 0.15) is 6.61 Å². The van der Waals surface area contributed by atoms with Crippen LogP contribution in [0.3, 0.4) is 0 Å². The minimum absolute atomic E-state index is 0.178. The van der Waals surface area contributed by atoms with Crippen LogP contribution in [0.5, 0.6) is 11.5 Å². The highest BCUT2D eigenvalue weighted by molar-refractivity contribution is 5.43. The van der Waals surface area contributed by atoms with E-state index in [1.54, 1.807) is 0 Å². The molecule has 1 aromatic rings. The van der Waals surface area contributed by atoms with Gasteiger partial charge in [-0.2, -0.15) is 0 Å². The second-order valence-corrected chi connectivity index (χ2v) is 4.08. The Morgan fingerprint density at radius 1 is 1.28 bits per heavy atom.